The first kappa shape index (κ1) is 23.1. The van der Waals surface area contributed by atoms with Crippen LogP contribution in [0.15, 0.2) is 30.5 Å². The molecule has 5 nitrogen and oxygen atoms in total. The van der Waals surface area contributed by atoms with Crippen molar-refractivity contribution in [2.45, 2.75) is 41.0 Å². The second-order valence-corrected chi connectivity index (χ2v) is 10.7. The number of aromatic nitrogens is 1. The molecule has 2 fully saturated rings. The Balaban J connectivity index is 1.32. The van der Waals surface area contributed by atoms with Gasteiger partial charge in [-0.25, -0.2) is 0 Å². The molecule has 1 N–H and O–H groups in total. The minimum Gasteiger partial charge on any atom is -0.385 e. The molecule has 2 atom stereocenters. The van der Waals surface area contributed by atoms with Gasteiger partial charge in [0.1, 0.15) is 0 Å². The maximum atomic E-state index is 13.3. The average Bonchev–Trinajstić information content (AvgIpc) is 3.11. The predicted molar refractivity (Wildman–Crippen MR) is 132 cm³/mol. The molecule has 0 spiro atoms. The first-order valence-electron chi connectivity index (χ1n) is 11.6. The van der Waals surface area contributed by atoms with Crippen molar-refractivity contribution < 1.29 is 4.79 Å². The average molecular weight is 455 g/mol. The highest BCUT2D eigenvalue weighted by atomic mass is 35.5. The van der Waals surface area contributed by atoms with Crippen LogP contribution in [0.2, 0.25) is 5.02 Å². The van der Waals surface area contributed by atoms with E-state index >= 15 is 0 Å². The van der Waals surface area contributed by atoms with E-state index in [0.29, 0.717) is 0 Å². The first-order chi connectivity index (χ1) is 15.1. The third-order valence-corrected chi connectivity index (χ3v) is 8.09. The van der Waals surface area contributed by atoms with E-state index in [0.717, 1.165) is 78.8 Å². The zero-order valence-corrected chi connectivity index (χ0v) is 20.7. The molecule has 1 aromatic carbocycles. The van der Waals surface area contributed by atoms with Gasteiger partial charge in [0.05, 0.1) is 11.3 Å². The lowest BCUT2D eigenvalue weighted by atomic mass is 9.71. The highest BCUT2D eigenvalue weighted by Gasteiger charge is 2.58. The molecule has 2 aliphatic rings. The van der Waals surface area contributed by atoms with Gasteiger partial charge in [-0.05, 0) is 63.1 Å². The molecule has 1 aromatic heterocycles. The molecule has 172 valence electrons. The van der Waals surface area contributed by atoms with E-state index in [1.165, 1.54) is 0 Å². The number of anilines is 1. The smallest absolute Gasteiger partial charge is 0.256 e. The van der Waals surface area contributed by atoms with E-state index < -0.39 is 0 Å². The molecule has 2 aliphatic heterocycles. The lowest BCUT2D eigenvalue weighted by Gasteiger charge is -2.30. The molecule has 0 saturated carbocycles. The molecular weight excluding hydrogens is 420 g/mol. The lowest BCUT2D eigenvalue weighted by Crippen LogP contribution is -2.37. The molecule has 2 aromatic rings. The number of carbonyl (C=O) groups is 1. The van der Waals surface area contributed by atoms with Gasteiger partial charge in [0.15, 0.2) is 0 Å². The lowest BCUT2D eigenvalue weighted by molar-refractivity contribution is 0.0756. The summed E-state index contributed by atoms with van der Waals surface area (Å²) in [4.78, 5) is 22.3. The van der Waals surface area contributed by atoms with Crippen molar-refractivity contribution in [1.29, 1.82) is 0 Å². The van der Waals surface area contributed by atoms with E-state index in [9.17, 15) is 4.79 Å². The summed E-state index contributed by atoms with van der Waals surface area (Å²) in [6.07, 6.45) is 2.86. The molecule has 2 unspecified atom stereocenters. The van der Waals surface area contributed by atoms with Crippen LogP contribution in [-0.4, -0.2) is 60.0 Å². The van der Waals surface area contributed by atoms with Gasteiger partial charge in [-0.3, -0.25) is 9.78 Å². The number of amides is 1. The molecule has 0 bridgehead atoms. The number of nitrogens with one attached hydrogen (secondary N) is 1. The second-order valence-electron chi connectivity index (χ2n) is 10.3. The number of pyridine rings is 1. The summed E-state index contributed by atoms with van der Waals surface area (Å²) in [6, 6.07) is 8.06. The van der Waals surface area contributed by atoms with E-state index in [1.807, 2.05) is 32.9 Å². The minimum absolute atomic E-state index is 0.116. The number of hydrogen-bond acceptors (Lipinski definition) is 4. The highest BCUT2D eigenvalue weighted by Crippen LogP contribution is 2.51. The fourth-order valence-electron chi connectivity index (χ4n) is 5.52. The van der Waals surface area contributed by atoms with Crippen LogP contribution < -0.4 is 5.32 Å². The number of fused-ring (bicyclic) bond motifs is 1. The highest BCUT2D eigenvalue weighted by molar-refractivity contribution is 6.31. The van der Waals surface area contributed by atoms with Crippen molar-refractivity contribution in [3.05, 3.63) is 57.9 Å². The Labute approximate surface area is 197 Å². The molecule has 3 heterocycles. The summed E-state index contributed by atoms with van der Waals surface area (Å²) < 4.78 is 0. The number of rotatable bonds is 6. The largest absolute Gasteiger partial charge is 0.385 e. The van der Waals surface area contributed by atoms with E-state index in [2.05, 4.69) is 46.1 Å². The van der Waals surface area contributed by atoms with Crippen molar-refractivity contribution in [2.24, 2.45) is 10.8 Å². The normalized spacial score (nSPS) is 25.2. The van der Waals surface area contributed by atoms with Crippen LogP contribution >= 0.6 is 11.6 Å². The third-order valence-electron chi connectivity index (χ3n) is 7.68. The Morgan fingerprint density at radius 2 is 1.75 bits per heavy atom. The first-order valence-corrected chi connectivity index (χ1v) is 11.9. The summed E-state index contributed by atoms with van der Waals surface area (Å²) in [5.41, 5.74) is 5.02. The quantitative estimate of drug-likeness (QED) is 0.627. The number of aryl methyl sites for hydroxylation is 3. The van der Waals surface area contributed by atoms with Crippen LogP contribution in [0, 0.1) is 31.6 Å². The molecule has 6 heteroatoms. The number of nitrogens with zero attached hydrogens (tertiary/aromatic N) is 3. The van der Waals surface area contributed by atoms with Crippen LogP contribution in [0.25, 0.3) is 0 Å². The van der Waals surface area contributed by atoms with Crippen molar-refractivity contribution in [3.8, 4) is 0 Å². The van der Waals surface area contributed by atoms with Gasteiger partial charge in [-0.2, -0.15) is 0 Å². The summed E-state index contributed by atoms with van der Waals surface area (Å²) >= 11 is 6.23. The number of halogens is 1. The summed E-state index contributed by atoms with van der Waals surface area (Å²) in [5, 5.41) is 4.29. The van der Waals surface area contributed by atoms with Crippen molar-refractivity contribution in [1.82, 2.24) is 14.8 Å². The Morgan fingerprint density at radius 3 is 2.38 bits per heavy atom. The molecule has 32 heavy (non-hydrogen) atoms. The second kappa shape index (κ2) is 8.68. The fourth-order valence-corrected chi connectivity index (χ4v) is 5.70. The monoisotopic (exact) mass is 454 g/mol. The van der Waals surface area contributed by atoms with Gasteiger partial charge in [0, 0.05) is 60.5 Å². The molecule has 0 aliphatic carbocycles. The van der Waals surface area contributed by atoms with E-state index in [-0.39, 0.29) is 16.7 Å². The molecular formula is C26H35ClN4O. The number of likely N-dealkylation sites (tertiary alicyclic amines) is 2. The van der Waals surface area contributed by atoms with Crippen LogP contribution in [-0.2, 0) is 0 Å². The van der Waals surface area contributed by atoms with Crippen molar-refractivity contribution >= 4 is 23.2 Å². The zero-order valence-electron chi connectivity index (χ0n) is 20.0. The molecule has 2 saturated heterocycles. The van der Waals surface area contributed by atoms with Crippen LogP contribution in [0.5, 0.6) is 0 Å². The Bertz CT molecular complexity index is 985. The van der Waals surface area contributed by atoms with Crippen LogP contribution in [0.3, 0.4) is 0 Å². The molecule has 4 rings (SSSR count). The summed E-state index contributed by atoms with van der Waals surface area (Å²) in [7, 11) is 0. The van der Waals surface area contributed by atoms with Crippen LogP contribution in [0.1, 0.15) is 47.4 Å². The van der Waals surface area contributed by atoms with Crippen LogP contribution in [0.4, 0.5) is 5.69 Å². The van der Waals surface area contributed by atoms with Gasteiger partial charge in [0.25, 0.3) is 5.91 Å². The topological polar surface area (TPSA) is 48.5 Å². The van der Waals surface area contributed by atoms with Gasteiger partial charge in [-0.15, -0.1) is 0 Å². The van der Waals surface area contributed by atoms with Crippen molar-refractivity contribution in [3.63, 3.8) is 0 Å². The van der Waals surface area contributed by atoms with E-state index in [4.69, 9.17) is 11.6 Å². The predicted octanol–water partition coefficient (Wildman–Crippen LogP) is 4.95. The maximum Gasteiger partial charge on any atom is 0.256 e. The summed E-state index contributed by atoms with van der Waals surface area (Å²) in [6.45, 7) is 16.4. The van der Waals surface area contributed by atoms with E-state index in [1.54, 1.807) is 6.20 Å². The zero-order chi connectivity index (χ0) is 23.1. The third kappa shape index (κ3) is 4.25. The summed E-state index contributed by atoms with van der Waals surface area (Å²) in [5.74, 6) is 0.137. The minimum atomic E-state index is 0.116. The number of hydrogen-bond donors (Lipinski definition) is 1. The fraction of sp³-hybridized carbons (Fsp3) is 0.538. The molecule has 0 radical (unpaired) electrons. The number of benzene rings is 1. The Kier molecular flexibility index (Phi) is 6.25. The standard InChI is InChI=1S/C26H35ClN4O/c1-18-7-8-21(13-22(18)27)29-10-6-12-30-14-25(4)16-31(17-26(25,5)15-30)24(32)23-19(2)9-11-28-20(23)3/h7-9,11,13,29H,6,10,12,14-17H2,1-5H3. The van der Waals surface area contributed by atoms with Gasteiger partial charge < -0.3 is 15.1 Å². The molecule has 1 amide bonds. The Morgan fingerprint density at radius 1 is 1.06 bits per heavy atom. The van der Waals surface area contributed by atoms with Gasteiger partial charge >= 0.3 is 0 Å². The number of carbonyl (C=O) groups excluding carboxylic acids is 1. The maximum absolute atomic E-state index is 13.3. The Hall–Kier alpha value is -2.11. The van der Waals surface area contributed by atoms with Crippen molar-refractivity contribution in [2.75, 3.05) is 44.6 Å². The SMILES string of the molecule is Cc1ccc(NCCCN2CC3(C)CN(C(=O)c4c(C)ccnc4C)CC3(C)C2)cc1Cl. The van der Waals surface area contributed by atoms with Gasteiger partial charge in [-0.1, -0.05) is 31.5 Å². The van der Waals surface area contributed by atoms with Gasteiger partial charge in [0.2, 0.25) is 0 Å².